The minimum atomic E-state index is 0.490. The van der Waals surface area contributed by atoms with Gasteiger partial charge >= 0.3 is 0 Å². The third-order valence-corrected chi connectivity index (χ3v) is 4.64. The largest absolute Gasteiger partial charge is 0.313 e. The molecule has 1 aliphatic carbocycles. The number of hydrogen-bond donors (Lipinski definition) is 1. The van der Waals surface area contributed by atoms with Crippen molar-refractivity contribution >= 4 is 38.5 Å². The van der Waals surface area contributed by atoms with E-state index in [2.05, 4.69) is 69.1 Å². The van der Waals surface area contributed by atoms with Crippen LogP contribution in [0.2, 0.25) is 0 Å². The van der Waals surface area contributed by atoms with E-state index < -0.39 is 0 Å². The highest BCUT2D eigenvalue weighted by atomic mass is 127. The average molecular weight is 394 g/mol. The van der Waals surface area contributed by atoms with Gasteiger partial charge in [-0.15, -0.1) is 0 Å². The maximum atomic E-state index is 3.65. The van der Waals surface area contributed by atoms with E-state index in [9.17, 15) is 0 Å². The summed E-state index contributed by atoms with van der Waals surface area (Å²) < 4.78 is 2.53. The van der Waals surface area contributed by atoms with Gasteiger partial charge in [0.2, 0.25) is 0 Å². The van der Waals surface area contributed by atoms with E-state index >= 15 is 0 Å². The second-order valence-electron chi connectivity index (χ2n) is 4.53. The molecule has 1 atom stereocenters. The molecule has 88 valence electrons. The molecule has 1 fully saturated rings. The van der Waals surface area contributed by atoms with E-state index in [1.54, 1.807) is 0 Å². The predicted molar refractivity (Wildman–Crippen MR) is 80.6 cm³/mol. The molecule has 0 bridgehead atoms. The van der Waals surface area contributed by atoms with Crippen LogP contribution in [0.4, 0.5) is 0 Å². The summed E-state index contributed by atoms with van der Waals surface area (Å²) in [5, 5.41) is 3.44. The van der Waals surface area contributed by atoms with Gasteiger partial charge in [-0.3, -0.25) is 0 Å². The molecule has 0 amide bonds. The van der Waals surface area contributed by atoms with Crippen molar-refractivity contribution in [3.8, 4) is 0 Å². The van der Waals surface area contributed by atoms with Crippen LogP contribution < -0.4 is 5.32 Å². The van der Waals surface area contributed by atoms with Crippen molar-refractivity contribution in [2.24, 2.45) is 5.92 Å². The molecule has 1 saturated carbocycles. The highest BCUT2D eigenvalue weighted by Crippen LogP contribution is 2.37. The normalized spacial score (nSPS) is 17.4. The van der Waals surface area contributed by atoms with E-state index in [4.69, 9.17) is 0 Å². The first-order valence-corrected chi connectivity index (χ1v) is 7.70. The first-order chi connectivity index (χ1) is 7.70. The zero-order valence-corrected chi connectivity index (χ0v) is 13.2. The minimum Gasteiger partial charge on any atom is -0.313 e. The zero-order valence-electron chi connectivity index (χ0n) is 9.47. The Balaban J connectivity index is 2.07. The lowest BCUT2D eigenvalue weighted by Crippen LogP contribution is -2.17. The number of rotatable bonds is 5. The SMILES string of the molecule is CNC(CCC1CC1)c1cc(I)ccc1Br. The molecule has 3 heteroatoms. The molecule has 1 unspecified atom stereocenters. The molecule has 1 aromatic rings. The monoisotopic (exact) mass is 393 g/mol. The first-order valence-electron chi connectivity index (χ1n) is 5.83. The Bertz CT molecular complexity index is 363. The fraction of sp³-hybridized carbons (Fsp3) is 0.538. The lowest BCUT2D eigenvalue weighted by molar-refractivity contribution is 0.505. The molecule has 2 rings (SSSR count). The maximum absolute atomic E-state index is 3.65. The van der Waals surface area contributed by atoms with Crippen LogP contribution in [-0.2, 0) is 0 Å². The second kappa shape index (κ2) is 5.83. The summed E-state index contributed by atoms with van der Waals surface area (Å²) in [5.41, 5.74) is 1.40. The first kappa shape index (κ1) is 12.8. The molecule has 0 saturated heterocycles. The predicted octanol–water partition coefficient (Wildman–Crippen LogP) is 4.50. The van der Waals surface area contributed by atoms with Crippen molar-refractivity contribution in [2.75, 3.05) is 7.05 Å². The van der Waals surface area contributed by atoms with Gasteiger partial charge in [0.05, 0.1) is 0 Å². The quantitative estimate of drug-likeness (QED) is 0.726. The summed E-state index contributed by atoms with van der Waals surface area (Å²) in [6, 6.07) is 7.06. The lowest BCUT2D eigenvalue weighted by Gasteiger charge is -2.18. The maximum Gasteiger partial charge on any atom is 0.0329 e. The summed E-state index contributed by atoms with van der Waals surface area (Å²) in [7, 11) is 2.06. The molecule has 16 heavy (non-hydrogen) atoms. The van der Waals surface area contributed by atoms with E-state index in [0.29, 0.717) is 6.04 Å². The van der Waals surface area contributed by atoms with Crippen LogP contribution in [0.3, 0.4) is 0 Å². The van der Waals surface area contributed by atoms with E-state index in [-0.39, 0.29) is 0 Å². The molecule has 1 aromatic carbocycles. The summed E-state index contributed by atoms with van der Waals surface area (Å²) in [4.78, 5) is 0. The fourth-order valence-corrected chi connectivity index (χ4v) is 3.08. The van der Waals surface area contributed by atoms with Crippen molar-refractivity contribution < 1.29 is 0 Å². The highest BCUT2D eigenvalue weighted by molar-refractivity contribution is 14.1. The Labute approximate surface area is 120 Å². The Hall–Kier alpha value is 0.390. The smallest absolute Gasteiger partial charge is 0.0329 e. The van der Waals surface area contributed by atoms with E-state index in [1.165, 1.54) is 39.3 Å². The van der Waals surface area contributed by atoms with Gasteiger partial charge in [0.25, 0.3) is 0 Å². The molecule has 1 aliphatic rings. The van der Waals surface area contributed by atoms with Gasteiger partial charge in [0.1, 0.15) is 0 Å². The van der Waals surface area contributed by atoms with Crippen molar-refractivity contribution in [1.29, 1.82) is 0 Å². The van der Waals surface area contributed by atoms with Crippen LogP contribution in [-0.4, -0.2) is 7.05 Å². The highest BCUT2D eigenvalue weighted by Gasteiger charge is 2.23. The Morgan fingerprint density at radius 1 is 1.50 bits per heavy atom. The summed E-state index contributed by atoms with van der Waals surface area (Å²) in [6.07, 6.45) is 5.51. The van der Waals surface area contributed by atoms with Gasteiger partial charge in [-0.05, 0) is 72.2 Å². The standard InChI is InChI=1S/C13H17BrIN/c1-16-13(7-4-9-2-3-9)11-8-10(15)5-6-12(11)14/h5-6,8-9,13,16H,2-4,7H2,1H3. The zero-order chi connectivity index (χ0) is 11.5. The van der Waals surface area contributed by atoms with Gasteiger partial charge in [-0.2, -0.15) is 0 Å². The van der Waals surface area contributed by atoms with Crippen molar-refractivity contribution in [1.82, 2.24) is 5.32 Å². The number of nitrogens with one attached hydrogen (secondary N) is 1. The van der Waals surface area contributed by atoms with Gasteiger partial charge in [0.15, 0.2) is 0 Å². The van der Waals surface area contributed by atoms with Gasteiger partial charge in [0, 0.05) is 14.1 Å². The van der Waals surface area contributed by atoms with Crippen LogP contribution in [0.25, 0.3) is 0 Å². The molecule has 0 radical (unpaired) electrons. The van der Waals surface area contributed by atoms with Crippen molar-refractivity contribution in [2.45, 2.75) is 31.7 Å². The Morgan fingerprint density at radius 3 is 2.88 bits per heavy atom. The lowest BCUT2D eigenvalue weighted by atomic mass is 10.0. The molecular formula is C13H17BrIN. The molecular weight excluding hydrogens is 377 g/mol. The van der Waals surface area contributed by atoms with Crippen LogP contribution in [0.5, 0.6) is 0 Å². The minimum absolute atomic E-state index is 0.490. The molecule has 1 N–H and O–H groups in total. The van der Waals surface area contributed by atoms with Gasteiger partial charge in [-0.1, -0.05) is 28.8 Å². The van der Waals surface area contributed by atoms with Crippen LogP contribution in [0.15, 0.2) is 22.7 Å². The summed E-state index contributed by atoms with van der Waals surface area (Å²) >= 11 is 6.03. The Kier molecular flexibility index (Phi) is 4.67. The average Bonchev–Trinajstić information content (AvgIpc) is 3.07. The second-order valence-corrected chi connectivity index (χ2v) is 6.63. The van der Waals surface area contributed by atoms with Crippen LogP contribution in [0, 0.1) is 9.49 Å². The van der Waals surface area contributed by atoms with Crippen molar-refractivity contribution in [3.05, 3.63) is 31.8 Å². The molecule has 0 spiro atoms. The summed E-state index contributed by atoms with van der Waals surface area (Å²) in [5.74, 6) is 1.01. The van der Waals surface area contributed by atoms with E-state index in [1.807, 2.05) is 0 Å². The fourth-order valence-electron chi connectivity index (χ4n) is 2.05. The number of halogens is 2. The van der Waals surface area contributed by atoms with Crippen LogP contribution >= 0.6 is 38.5 Å². The third-order valence-electron chi connectivity index (χ3n) is 3.24. The molecule has 0 aromatic heterocycles. The third kappa shape index (κ3) is 3.44. The van der Waals surface area contributed by atoms with Crippen LogP contribution in [0.1, 0.15) is 37.3 Å². The van der Waals surface area contributed by atoms with Crippen molar-refractivity contribution in [3.63, 3.8) is 0 Å². The molecule has 1 nitrogen and oxygen atoms in total. The summed E-state index contributed by atoms with van der Waals surface area (Å²) in [6.45, 7) is 0. The molecule has 0 aliphatic heterocycles. The number of benzene rings is 1. The van der Waals surface area contributed by atoms with Gasteiger partial charge < -0.3 is 5.32 Å². The number of hydrogen-bond acceptors (Lipinski definition) is 1. The Morgan fingerprint density at radius 2 is 2.25 bits per heavy atom. The molecule has 0 heterocycles. The van der Waals surface area contributed by atoms with Gasteiger partial charge in [-0.25, -0.2) is 0 Å². The topological polar surface area (TPSA) is 12.0 Å². The van der Waals surface area contributed by atoms with E-state index in [0.717, 1.165) is 5.92 Å².